The Morgan fingerprint density at radius 2 is 1.80 bits per heavy atom. The molecule has 0 radical (unpaired) electrons. The van der Waals surface area contributed by atoms with Gasteiger partial charge in [0, 0.05) is 5.25 Å². The Balaban J connectivity index is 2.14. The maximum Gasteiger partial charge on any atom is 0.313 e. The van der Waals surface area contributed by atoms with E-state index in [0.29, 0.717) is 0 Å². The average molecular weight is 286 g/mol. The van der Waals surface area contributed by atoms with Gasteiger partial charge in [-0.2, -0.15) is 0 Å². The van der Waals surface area contributed by atoms with Gasteiger partial charge in [-0.25, -0.2) is 0 Å². The minimum absolute atomic E-state index is 0.140. The third-order valence-corrected chi connectivity index (χ3v) is 4.48. The molecule has 20 heavy (non-hydrogen) atoms. The van der Waals surface area contributed by atoms with Crippen molar-refractivity contribution >= 4 is 17.7 Å². The zero-order chi connectivity index (χ0) is 14.5. The van der Waals surface area contributed by atoms with E-state index in [9.17, 15) is 4.79 Å². The van der Waals surface area contributed by atoms with Gasteiger partial charge in [-0.05, 0) is 36.1 Å². The molecule has 0 saturated heterocycles. The first-order chi connectivity index (χ1) is 9.58. The number of hydrogen-bond donors (Lipinski definition) is 1. The van der Waals surface area contributed by atoms with Gasteiger partial charge in [0.1, 0.15) is 0 Å². The van der Waals surface area contributed by atoms with Crippen LogP contribution in [0.2, 0.25) is 0 Å². The molecule has 0 heterocycles. The molecule has 0 aliphatic heterocycles. The van der Waals surface area contributed by atoms with Crippen LogP contribution in [0, 0.1) is 6.92 Å². The number of thioether (sulfide) groups is 1. The monoisotopic (exact) mass is 286 g/mol. The topological polar surface area (TPSA) is 37.3 Å². The Labute approximate surface area is 123 Å². The van der Waals surface area contributed by atoms with Crippen LogP contribution in [0.5, 0.6) is 0 Å². The van der Waals surface area contributed by atoms with Crippen molar-refractivity contribution in [3.63, 3.8) is 0 Å². The van der Waals surface area contributed by atoms with Crippen molar-refractivity contribution < 1.29 is 9.90 Å². The molecule has 104 valence electrons. The van der Waals surface area contributed by atoms with E-state index in [0.717, 1.165) is 5.56 Å². The van der Waals surface area contributed by atoms with Gasteiger partial charge >= 0.3 is 5.97 Å². The minimum Gasteiger partial charge on any atom is -0.481 e. The van der Waals surface area contributed by atoms with E-state index >= 15 is 0 Å². The summed E-state index contributed by atoms with van der Waals surface area (Å²) in [6.45, 7) is 4.14. The first kappa shape index (κ1) is 14.7. The van der Waals surface area contributed by atoms with Gasteiger partial charge in [-0.15, -0.1) is 11.8 Å². The lowest BCUT2D eigenvalue weighted by molar-refractivity contribution is -0.133. The molecule has 1 N–H and O–H groups in total. The van der Waals surface area contributed by atoms with E-state index in [1.165, 1.54) is 28.5 Å². The van der Waals surface area contributed by atoms with Crippen molar-refractivity contribution in [1.82, 2.24) is 0 Å². The highest BCUT2D eigenvalue weighted by atomic mass is 32.2. The van der Waals surface area contributed by atoms with Crippen molar-refractivity contribution in [2.24, 2.45) is 0 Å². The molecule has 3 heteroatoms. The highest BCUT2D eigenvalue weighted by molar-refractivity contribution is 8.00. The summed E-state index contributed by atoms with van der Waals surface area (Å²) in [5.74, 6) is -0.626. The van der Waals surface area contributed by atoms with Crippen molar-refractivity contribution in [2.75, 3.05) is 5.75 Å². The smallest absolute Gasteiger partial charge is 0.313 e. The molecule has 0 aliphatic carbocycles. The second-order valence-electron chi connectivity index (χ2n) is 4.78. The third-order valence-electron chi connectivity index (χ3n) is 3.29. The second-order valence-corrected chi connectivity index (χ2v) is 6.11. The van der Waals surface area contributed by atoms with Crippen LogP contribution in [0.1, 0.15) is 23.3 Å². The summed E-state index contributed by atoms with van der Waals surface area (Å²) in [7, 11) is 0. The fourth-order valence-electron chi connectivity index (χ4n) is 2.12. The number of rotatable bonds is 5. The summed E-state index contributed by atoms with van der Waals surface area (Å²) in [4.78, 5) is 10.6. The molecule has 2 nitrogen and oxygen atoms in total. The van der Waals surface area contributed by atoms with Crippen LogP contribution < -0.4 is 0 Å². The van der Waals surface area contributed by atoms with E-state index < -0.39 is 5.97 Å². The van der Waals surface area contributed by atoms with Gasteiger partial charge in [0.15, 0.2) is 0 Å². The van der Waals surface area contributed by atoms with Gasteiger partial charge in [0.25, 0.3) is 0 Å². The molecule has 1 atom stereocenters. The largest absolute Gasteiger partial charge is 0.481 e. The summed E-state index contributed by atoms with van der Waals surface area (Å²) in [6.07, 6.45) is 0. The fraction of sp³-hybridized carbons (Fsp3) is 0.235. The van der Waals surface area contributed by atoms with Gasteiger partial charge < -0.3 is 5.11 Å². The van der Waals surface area contributed by atoms with E-state index in [2.05, 4.69) is 43.3 Å². The molecule has 2 aromatic carbocycles. The third kappa shape index (κ3) is 3.64. The number of hydrogen-bond acceptors (Lipinski definition) is 2. The molecule has 0 amide bonds. The molecule has 2 rings (SSSR count). The van der Waals surface area contributed by atoms with Crippen molar-refractivity contribution in [3.8, 4) is 11.1 Å². The van der Waals surface area contributed by atoms with Crippen LogP contribution in [-0.4, -0.2) is 16.8 Å². The molecule has 0 aliphatic rings. The molecule has 0 saturated carbocycles. The van der Waals surface area contributed by atoms with E-state index in [-0.39, 0.29) is 11.0 Å². The van der Waals surface area contributed by atoms with Crippen molar-refractivity contribution in [1.29, 1.82) is 0 Å². The van der Waals surface area contributed by atoms with Crippen LogP contribution in [0.25, 0.3) is 11.1 Å². The minimum atomic E-state index is -0.765. The second kappa shape index (κ2) is 6.62. The zero-order valence-corrected chi connectivity index (χ0v) is 12.5. The van der Waals surface area contributed by atoms with Crippen LogP contribution in [-0.2, 0) is 4.79 Å². The first-order valence-corrected chi connectivity index (χ1v) is 7.62. The van der Waals surface area contributed by atoms with Crippen molar-refractivity contribution in [2.45, 2.75) is 19.1 Å². The van der Waals surface area contributed by atoms with E-state index in [1.54, 1.807) is 0 Å². The number of benzene rings is 2. The molecular weight excluding hydrogens is 268 g/mol. The number of carboxylic acid groups (broad SMARTS) is 1. The molecule has 1 unspecified atom stereocenters. The Morgan fingerprint density at radius 3 is 2.40 bits per heavy atom. The first-order valence-electron chi connectivity index (χ1n) is 6.57. The summed E-state index contributed by atoms with van der Waals surface area (Å²) >= 11 is 1.44. The highest BCUT2D eigenvalue weighted by Gasteiger charge is 2.09. The summed E-state index contributed by atoms with van der Waals surface area (Å²) in [5, 5.41) is 8.90. The standard InChI is InChI=1S/C17H18O2S/c1-12-5-3-4-6-16(12)15-9-7-14(8-10-15)13(2)20-11-17(18)19/h3-10,13H,11H2,1-2H3,(H,18,19). The normalized spacial score (nSPS) is 12.1. The lowest BCUT2D eigenvalue weighted by atomic mass is 9.99. The number of aryl methyl sites for hydroxylation is 1. The fourth-order valence-corrected chi connectivity index (χ4v) is 2.87. The molecule has 0 fully saturated rings. The summed E-state index contributed by atoms with van der Waals surface area (Å²) < 4.78 is 0. The van der Waals surface area contributed by atoms with Crippen molar-refractivity contribution in [3.05, 3.63) is 59.7 Å². The predicted molar refractivity (Wildman–Crippen MR) is 85.1 cm³/mol. The quantitative estimate of drug-likeness (QED) is 0.876. The Morgan fingerprint density at radius 1 is 1.15 bits per heavy atom. The summed E-state index contributed by atoms with van der Waals surface area (Å²) in [5.41, 5.74) is 4.86. The number of aliphatic carboxylic acids is 1. The highest BCUT2D eigenvalue weighted by Crippen LogP contribution is 2.30. The Bertz CT molecular complexity index is 590. The van der Waals surface area contributed by atoms with Crippen LogP contribution >= 0.6 is 11.8 Å². The number of carboxylic acids is 1. The molecule has 2 aromatic rings. The zero-order valence-electron chi connectivity index (χ0n) is 11.7. The van der Waals surface area contributed by atoms with Gasteiger partial charge in [-0.1, -0.05) is 48.5 Å². The lowest BCUT2D eigenvalue weighted by Crippen LogP contribution is -2.00. The van der Waals surface area contributed by atoms with E-state index in [4.69, 9.17) is 5.11 Å². The van der Waals surface area contributed by atoms with Crippen LogP contribution in [0.15, 0.2) is 48.5 Å². The van der Waals surface area contributed by atoms with Gasteiger partial charge in [-0.3, -0.25) is 4.79 Å². The number of carbonyl (C=O) groups is 1. The molecule has 0 spiro atoms. The molecule has 0 aromatic heterocycles. The predicted octanol–water partition coefficient (Wildman–Crippen LogP) is 4.54. The molecule has 0 bridgehead atoms. The maximum atomic E-state index is 10.6. The lowest BCUT2D eigenvalue weighted by Gasteiger charge is -2.12. The Hall–Kier alpha value is -1.74. The van der Waals surface area contributed by atoms with Crippen LogP contribution in [0.3, 0.4) is 0 Å². The average Bonchev–Trinajstić information content (AvgIpc) is 2.45. The van der Waals surface area contributed by atoms with E-state index in [1.807, 2.05) is 19.1 Å². The molecular formula is C17H18O2S. The SMILES string of the molecule is Cc1ccccc1-c1ccc(C(C)SCC(=O)O)cc1. The Kier molecular flexibility index (Phi) is 4.85. The maximum absolute atomic E-state index is 10.6. The summed E-state index contributed by atoms with van der Waals surface area (Å²) in [6, 6.07) is 16.7. The van der Waals surface area contributed by atoms with Gasteiger partial charge in [0.05, 0.1) is 5.75 Å². The van der Waals surface area contributed by atoms with Crippen LogP contribution in [0.4, 0.5) is 0 Å². The van der Waals surface area contributed by atoms with Gasteiger partial charge in [0.2, 0.25) is 0 Å².